The van der Waals surface area contributed by atoms with Crippen LogP contribution in [0.3, 0.4) is 0 Å². The van der Waals surface area contributed by atoms with Crippen molar-refractivity contribution in [3.8, 4) is 0 Å². The highest BCUT2D eigenvalue weighted by Crippen LogP contribution is 2.37. The van der Waals surface area contributed by atoms with Crippen LogP contribution in [0.25, 0.3) is 0 Å². The summed E-state index contributed by atoms with van der Waals surface area (Å²) in [5, 5.41) is 11.6. The number of fused-ring (bicyclic) bond motifs is 1. The van der Waals surface area contributed by atoms with Crippen molar-refractivity contribution < 1.29 is 9.18 Å². The molecule has 6 nitrogen and oxygen atoms in total. The number of carbonyl (C=O) groups is 1. The van der Waals surface area contributed by atoms with Crippen LogP contribution in [0, 0.1) is 5.82 Å². The number of benzene rings is 2. The van der Waals surface area contributed by atoms with Gasteiger partial charge in [0.15, 0.2) is 5.82 Å². The highest BCUT2D eigenvalue weighted by molar-refractivity contribution is 8.00. The third-order valence-corrected chi connectivity index (χ3v) is 6.18. The van der Waals surface area contributed by atoms with Crippen molar-refractivity contribution in [1.29, 1.82) is 0 Å². The van der Waals surface area contributed by atoms with E-state index in [0.717, 1.165) is 29.1 Å². The number of anilines is 1. The molecular formula is C21H22FN5OS. The van der Waals surface area contributed by atoms with E-state index in [1.54, 1.807) is 12.1 Å². The lowest BCUT2D eigenvalue weighted by molar-refractivity contribution is -0.116. The van der Waals surface area contributed by atoms with Gasteiger partial charge in [0.25, 0.3) is 0 Å². The van der Waals surface area contributed by atoms with E-state index in [1.807, 2.05) is 35.9 Å². The summed E-state index contributed by atoms with van der Waals surface area (Å²) in [6.07, 6.45) is 1.53. The van der Waals surface area contributed by atoms with Gasteiger partial charge in [-0.15, -0.1) is 10.2 Å². The Kier molecular flexibility index (Phi) is 5.53. The van der Waals surface area contributed by atoms with Gasteiger partial charge in [-0.3, -0.25) is 4.79 Å². The second-order valence-corrected chi connectivity index (χ2v) is 7.89. The summed E-state index contributed by atoms with van der Waals surface area (Å²) < 4.78 is 15.3. The Bertz CT molecular complexity index is 1020. The van der Waals surface area contributed by atoms with Gasteiger partial charge in [0.2, 0.25) is 11.1 Å². The van der Waals surface area contributed by atoms with Gasteiger partial charge in [-0.05, 0) is 35.7 Å². The smallest absolute Gasteiger partial charge is 0.240 e. The Hall–Kier alpha value is -2.87. The van der Waals surface area contributed by atoms with Crippen LogP contribution in [0.15, 0.2) is 53.7 Å². The number of carbonyl (C=O) groups excluding carboxylic acids is 1. The van der Waals surface area contributed by atoms with Crippen LogP contribution in [0.2, 0.25) is 0 Å². The molecular weight excluding hydrogens is 389 g/mol. The lowest BCUT2D eigenvalue weighted by Gasteiger charge is -2.33. The van der Waals surface area contributed by atoms with E-state index in [1.165, 1.54) is 23.9 Å². The molecule has 2 aromatic carbocycles. The first kappa shape index (κ1) is 19.4. The maximum atomic E-state index is 13.5. The quantitative estimate of drug-likeness (QED) is 0.665. The standard InChI is InChI=1S/C21H22FN5OS/c1-3-13-7-5-6-8-16(13)23-20(28)19-18(14-9-11-15(22)12-10-14)26-27-17(4-2)24-25-21(27)29-19/h5-12,18-19,26H,3-4H2,1-2H3,(H,23,28)/t18-,19+/m0/s1. The fourth-order valence-electron chi connectivity index (χ4n) is 3.40. The monoisotopic (exact) mass is 411 g/mol. The third-order valence-electron chi connectivity index (χ3n) is 4.96. The highest BCUT2D eigenvalue weighted by Gasteiger charge is 2.37. The summed E-state index contributed by atoms with van der Waals surface area (Å²) in [6, 6.07) is 13.6. The molecule has 1 aromatic heterocycles. The van der Waals surface area contributed by atoms with Gasteiger partial charge in [-0.2, -0.15) is 0 Å². The van der Waals surface area contributed by atoms with E-state index in [-0.39, 0.29) is 17.8 Å². The van der Waals surface area contributed by atoms with E-state index < -0.39 is 5.25 Å². The van der Waals surface area contributed by atoms with Crippen molar-refractivity contribution in [3.63, 3.8) is 0 Å². The molecule has 0 saturated carbocycles. The second kappa shape index (κ2) is 8.24. The average Bonchev–Trinajstić information content (AvgIpc) is 3.16. The maximum Gasteiger partial charge on any atom is 0.240 e. The van der Waals surface area contributed by atoms with Gasteiger partial charge in [0.1, 0.15) is 11.1 Å². The molecule has 29 heavy (non-hydrogen) atoms. The number of hydrogen-bond donors (Lipinski definition) is 2. The summed E-state index contributed by atoms with van der Waals surface area (Å²) in [4.78, 5) is 13.3. The molecule has 4 rings (SSSR count). The lowest BCUT2D eigenvalue weighted by atomic mass is 10.0. The largest absolute Gasteiger partial charge is 0.325 e. The second-order valence-electron chi connectivity index (χ2n) is 6.78. The number of halogens is 1. The van der Waals surface area contributed by atoms with Crippen LogP contribution >= 0.6 is 11.8 Å². The van der Waals surface area contributed by atoms with Crippen LogP contribution in [-0.4, -0.2) is 26.0 Å². The molecule has 3 aromatic rings. The van der Waals surface area contributed by atoms with Crippen LogP contribution in [0.5, 0.6) is 0 Å². The minimum Gasteiger partial charge on any atom is -0.325 e. The number of amides is 1. The summed E-state index contributed by atoms with van der Waals surface area (Å²) in [5.74, 6) is 0.342. The Labute approximate surface area is 172 Å². The molecule has 0 spiro atoms. The van der Waals surface area contributed by atoms with Gasteiger partial charge in [-0.25, -0.2) is 9.07 Å². The van der Waals surface area contributed by atoms with E-state index >= 15 is 0 Å². The number of aryl methyl sites for hydroxylation is 2. The zero-order valence-electron chi connectivity index (χ0n) is 16.2. The van der Waals surface area contributed by atoms with Gasteiger partial charge in [-0.1, -0.05) is 55.9 Å². The minimum atomic E-state index is -0.494. The van der Waals surface area contributed by atoms with Crippen LogP contribution in [0.1, 0.15) is 36.8 Å². The summed E-state index contributed by atoms with van der Waals surface area (Å²) in [7, 11) is 0. The molecule has 0 saturated heterocycles. The summed E-state index contributed by atoms with van der Waals surface area (Å²) in [5.41, 5.74) is 6.07. The molecule has 0 radical (unpaired) electrons. The molecule has 0 aliphatic carbocycles. The summed E-state index contributed by atoms with van der Waals surface area (Å²) >= 11 is 1.36. The average molecular weight is 412 g/mol. The molecule has 2 N–H and O–H groups in total. The molecule has 2 atom stereocenters. The molecule has 2 heterocycles. The fraction of sp³-hybridized carbons (Fsp3) is 0.286. The number of hydrogen-bond acceptors (Lipinski definition) is 5. The molecule has 1 aliphatic rings. The Morgan fingerprint density at radius 3 is 2.62 bits per heavy atom. The first-order valence-corrected chi connectivity index (χ1v) is 10.5. The van der Waals surface area contributed by atoms with Crippen LogP contribution in [0.4, 0.5) is 10.1 Å². The van der Waals surface area contributed by atoms with E-state index in [9.17, 15) is 9.18 Å². The van der Waals surface area contributed by atoms with E-state index in [2.05, 4.69) is 27.9 Å². The Morgan fingerprint density at radius 2 is 1.90 bits per heavy atom. The Morgan fingerprint density at radius 1 is 1.14 bits per heavy atom. The third kappa shape index (κ3) is 3.85. The number of para-hydroxylation sites is 1. The van der Waals surface area contributed by atoms with Crippen molar-refractivity contribution in [1.82, 2.24) is 14.9 Å². The molecule has 1 amide bonds. The number of nitrogens with one attached hydrogen (secondary N) is 2. The molecule has 0 bridgehead atoms. The predicted molar refractivity (Wildman–Crippen MR) is 112 cm³/mol. The first-order chi connectivity index (χ1) is 14.1. The predicted octanol–water partition coefficient (Wildman–Crippen LogP) is 3.94. The van der Waals surface area contributed by atoms with Crippen molar-refractivity contribution in [2.24, 2.45) is 0 Å². The highest BCUT2D eigenvalue weighted by atomic mass is 32.2. The number of rotatable bonds is 5. The number of nitrogens with zero attached hydrogens (tertiary/aromatic N) is 3. The van der Waals surface area contributed by atoms with Crippen LogP contribution < -0.4 is 10.7 Å². The fourth-order valence-corrected chi connectivity index (χ4v) is 4.50. The van der Waals surface area contributed by atoms with E-state index in [0.29, 0.717) is 11.6 Å². The van der Waals surface area contributed by atoms with Crippen molar-refractivity contribution in [3.05, 3.63) is 71.3 Å². The Balaban J connectivity index is 1.68. The number of thioether (sulfide) groups is 1. The van der Waals surface area contributed by atoms with Gasteiger partial charge >= 0.3 is 0 Å². The normalized spacial score (nSPS) is 18.0. The van der Waals surface area contributed by atoms with Gasteiger partial charge < -0.3 is 10.7 Å². The van der Waals surface area contributed by atoms with Crippen molar-refractivity contribution >= 4 is 23.4 Å². The topological polar surface area (TPSA) is 71.8 Å². The zero-order chi connectivity index (χ0) is 20.4. The zero-order valence-corrected chi connectivity index (χ0v) is 17.0. The molecule has 0 fully saturated rings. The number of aromatic nitrogens is 3. The lowest BCUT2D eigenvalue weighted by Crippen LogP contribution is -2.41. The molecule has 1 aliphatic heterocycles. The first-order valence-electron chi connectivity index (χ1n) is 9.62. The SMILES string of the molecule is CCc1ccccc1NC(=O)[C@@H]1Sc2nnc(CC)n2N[C@H]1c1ccc(F)cc1. The molecule has 8 heteroatoms. The molecule has 150 valence electrons. The van der Waals surface area contributed by atoms with E-state index in [4.69, 9.17) is 0 Å². The molecule has 0 unspecified atom stereocenters. The van der Waals surface area contributed by atoms with Crippen molar-refractivity contribution in [2.45, 2.75) is 43.1 Å². The maximum absolute atomic E-state index is 13.5. The van der Waals surface area contributed by atoms with Crippen LogP contribution in [-0.2, 0) is 17.6 Å². The van der Waals surface area contributed by atoms with Crippen molar-refractivity contribution in [2.75, 3.05) is 10.7 Å². The summed E-state index contributed by atoms with van der Waals surface area (Å²) in [6.45, 7) is 4.05. The minimum absolute atomic E-state index is 0.134. The van der Waals surface area contributed by atoms with Gasteiger partial charge in [0.05, 0.1) is 6.04 Å². The van der Waals surface area contributed by atoms with Gasteiger partial charge in [0, 0.05) is 12.1 Å².